The lowest BCUT2D eigenvalue weighted by Crippen LogP contribution is -2.38. The molecule has 2 nitrogen and oxygen atoms in total. The van der Waals surface area contributed by atoms with E-state index in [0.29, 0.717) is 6.54 Å². The Morgan fingerprint density at radius 3 is 2.58 bits per heavy atom. The SMILES string of the molecule is Fc1cccc(Br)c1CN1CCn2cccc2C1c1ccccc1. The smallest absolute Gasteiger partial charge is 0.128 e. The van der Waals surface area contributed by atoms with Crippen molar-refractivity contribution in [1.82, 2.24) is 9.47 Å². The Morgan fingerprint density at radius 1 is 0.958 bits per heavy atom. The van der Waals surface area contributed by atoms with Gasteiger partial charge in [-0.3, -0.25) is 4.90 Å². The van der Waals surface area contributed by atoms with E-state index in [9.17, 15) is 4.39 Å². The minimum absolute atomic E-state index is 0.140. The average molecular weight is 385 g/mol. The molecular weight excluding hydrogens is 367 g/mol. The third-order valence-electron chi connectivity index (χ3n) is 4.68. The highest BCUT2D eigenvalue weighted by molar-refractivity contribution is 9.10. The van der Waals surface area contributed by atoms with Gasteiger partial charge in [-0.1, -0.05) is 52.3 Å². The maximum atomic E-state index is 14.3. The summed E-state index contributed by atoms with van der Waals surface area (Å²) >= 11 is 3.50. The quantitative estimate of drug-likeness (QED) is 0.617. The van der Waals surface area contributed by atoms with Crippen LogP contribution in [0.25, 0.3) is 0 Å². The molecule has 0 radical (unpaired) electrons. The highest BCUT2D eigenvalue weighted by Gasteiger charge is 2.29. The Kier molecular flexibility index (Phi) is 4.25. The van der Waals surface area contributed by atoms with Gasteiger partial charge in [0.1, 0.15) is 5.82 Å². The van der Waals surface area contributed by atoms with Crippen molar-refractivity contribution >= 4 is 15.9 Å². The number of nitrogens with zero attached hydrogens (tertiary/aromatic N) is 2. The van der Waals surface area contributed by atoms with Crippen molar-refractivity contribution in [3.8, 4) is 0 Å². The summed E-state index contributed by atoms with van der Waals surface area (Å²) in [4.78, 5) is 2.36. The van der Waals surface area contributed by atoms with Gasteiger partial charge < -0.3 is 4.57 Å². The van der Waals surface area contributed by atoms with Crippen molar-refractivity contribution in [2.75, 3.05) is 6.54 Å². The molecule has 1 unspecified atom stereocenters. The number of halogens is 2. The first-order chi connectivity index (χ1) is 11.7. The fourth-order valence-corrected chi connectivity index (χ4v) is 3.97. The van der Waals surface area contributed by atoms with Crippen molar-refractivity contribution < 1.29 is 4.39 Å². The fraction of sp³-hybridized carbons (Fsp3) is 0.200. The zero-order chi connectivity index (χ0) is 16.5. The molecule has 2 aromatic carbocycles. The predicted molar refractivity (Wildman–Crippen MR) is 97.2 cm³/mol. The van der Waals surface area contributed by atoms with Gasteiger partial charge in [0.15, 0.2) is 0 Å². The summed E-state index contributed by atoms with van der Waals surface area (Å²) in [5.41, 5.74) is 3.22. The van der Waals surface area contributed by atoms with Crippen LogP contribution in [0, 0.1) is 5.82 Å². The molecule has 4 heteroatoms. The topological polar surface area (TPSA) is 8.17 Å². The molecule has 0 N–H and O–H groups in total. The van der Waals surface area contributed by atoms with Crippen LogP contribution in [0.2, 0.25) is 0 Å². The van der Waals surface area contributed by atoms with E-state index in [1.165, 1.54) is 17.3 Å². The predicted octanol–water partition coefficient (Wildman–Crippen LogP) is 4.99. The first kappa shape index (κ1) is 15.6. The van der Waals surface area contributed by atoms with Gasteiger partial charge in [0, 0.05) is 41.6 Å². The fourth-order valence-electron chi connectivity index (χ4n) is 3.51. The third kappa shape index (κ3) is 2.80. The van der Waals surface area contributed by atoms with Gasteiger partial charge in [-0.2, -0.15) is 0 Å². The van der Waals surface area contributed by atoms with Gasteiger partial charge in [0.05, 0.1) is 6.04 Å². The van der Waals surface area contributed by atoms with Crippen LogP contribution < -0.4 is 0 Å². The zero-order valence-corrected chi connectivity index (χ0v) is 14.8. The largest absolute Gasteiger partial charge is 0.348 e. The van der Waals surface area contributed by atoms with Crippen molar-refractivity contribution in [2.45, 2.75) is 19.1 Å². The van der Waals surface area contributed by atoms with Crippen molar-refractivity contribution in [3.63, 3.8) is 0 Å². The monoisotopic (exact) mass is 384 g/mol. The lowest BCUT2D eigenvalue weighted by atomic mass is 9.99. The molecule has 122 valence electrons. The Balaban J connectivity index is 1.74. The van der Waals surface area contributed by atoms with Crippen LogP contribution in [0.1, 0.15) is 22.9 Å². The summed E-state index contributed by atoms with van der Waals surface area (Å²) in [7, 11) is 0. The number of hydrogen-bond donors (Lipinski definition) is 0. The van der Waals surface area contributed by atoms with E-state index in [1.54, 1.807) is 6.07 Å². The van der Waals surface area contributed by atoms with Crippen molar-refractivity contribution in [1.29, 1.82) is 0 Å². The normalized spacial score (nSPS) is 17.7. The van der Waals surface area contributed by atoms with E-state index >= 15 is 0 Å². The molecule has 2 heterocycles. The molecule has 0 bridgehead atoms. The molecular formula is C20H18BrFN2. The second-order valence-electron chi connectivity index (χ2n) is 6.11. The second kappa shape index (κ2) is 6.54. The van der Waals surface area contributed by atoms with Crippen molar-refractivity contribution in [3.05, 3.63) is 94.0 Å². The molecule has 0 saturated heterocycles. The van der Waals surface area contributed by atoms with Crippen LogP contribution in [0.15, 0.2) is 71.3 Å². The summed E-state index contributed by atoms with van der Waals surface area (Å²) in [6.07, 6.45) is 2.13. The van der Waals surface area contributed by atoms with Gasteiger partial charge in [-0.15, -0.1) is 0 Å². The Hall–Kier alpha value is -1.91. The standard InChI is InChI=1S/C20H18BrFN2/c21-17-8-4-9-18(22)16(17)14-24-13-12-23-11-5-10-19(23)20(24)15-6-2-1-3-7-15/h1-11,20H,12-14H2. The average Bonchev–Trinajstić information content (AvgIpc) is 3.07. The van der Waals surface area contributed by atoms with Crippen LogP contribution in [-0.4, -0.2) is 16.0 Å². The Morgan fingerprint density at radius 2 is 1.79 bits per heavy atom. The van der Waals surface area contributed by atoms with Crippen molar-refractivity contribution in [2.24, 2.45) is 0 Å². The molecule has 0 amide bonds. The van der Waals surface area contributed by atoms with E-state index in [1.807, 2.05) is 12.1 Å². The first-order valence-corrected chi connectivity index (χ1v) is 8.90. The molecule has 1 atom stereocenters. The number of fused-ring (bicyclic) bond motifs is 1. The van der Waals surface area contributed by atoms with E-state index in [-0.39, 0.29) is 11.9 Å². The molecule has 3 aromatic rings. The molecule has 1 aliphatic heterocycles. The van der Waals surface area contributed by atoms with Gasteiger partial charge >= 0.3 is 0 Å². The molecule has 1 aliphatic rings. The molecule has 0 saturated carbocycles. The number of aromatic nitrogens is 1. The number of rotatable bonds is 3. The molecule has 0 fully saturated rings. The van der Waals surface area contributed by atoms with Gasteiger partial charge in [-0.25, -0.2) is 4.39 Å². The summed E-state index contributed by atoms with van der Waals surface area (Å²) in [6.45, 7) is 2.40. The molecule has 0 aliphatic carbocycles. The van der Waals surface area contributed by atoms with Gasteiger partial charge in [0.2, 0.25) is 0 Å². The number of benzene rings is 2. The summed E-state index contributed by atoms with van der Waals surface area (Å²) < 4.78 is 17.4. The minimum atomic E-state index is -0.155. The highest BCUT2D eigenvalue weighted by Crippen LogP contribution is 2.34. The van der Waals surface area contributed by atoms with Crippen LogP contribution in [0.5, 0.6) is 0 Å². The van der Waals surface area contributed by atoms with Crippen LogP contribution in [0.4, 0.5) is 4.39 Å². The van der Waals surface area contributed by atoms with E-state index in [4.69, 9.17) is 0 Å². The lowest BCUT2D eigenvalue weighted by molar-refractivity contribution is 0.172. The molecule has 24 heavy (non-hydrogen) atoms. The van der Waals surface area contributed by atoms with Gasteiger partial charge in [-0.05, 0) is 29.8 Å². The first-order valence-electron chi connectivity index (χ1n) is 8.11. The minimum Gasteiger partial charge on any atom is -0.348 e. The number of hydrogen-bond acceptors (Lipinski definition) is 1. The molecule has 0 spiro atoms. The highest BCUT2D eigenvalue weighted by atomic mass is 79.9. The third-order valence-corrected chi connectivity index (χ3v) is 5.42. The maximum absolute atomic E-state index is 14.3. The van der Waals surface area contributed by atoms with E-state index < -0.39 is 0 Å². The lowest BCUT2D eigenvalue weighted by Gasteiger charge is -2.37. The van der Waals surface area contributed by atoms with E-state index in [0.717, 1.165) is 23.1 Å². The van der Waals surface area contributed by atoms with Crippen LogP contribution in [-0.2, 0) is 13.1 Å². The van der Waals surface area contributed by atoms with Crippen LogP contribution in [0.3, 0.4) is 0 Å². The van der Waals surface area contributed by atoms with Gasteiger partial charge in [0.25, 0.3) is 0 Å². The molecule has 4 rings (SSSR count). The molecule has 1 aromatic heterocycles. The summed E-state index contributed by atoms with van der Waals surface area (Å²) in [6, 6.07) is 20.0. The zero-order valence-electron chi connectivity index (χ0n) is 13.2. The Labute approximate surface area is 149 Å². The van der Waals surface area contributed by atoms with Crippen LogP contribution >= 0.6 is 15.9 Å². The second-order valence-corrected chi connectivity index (χ2v) is 6.96. The maximum Gasteiger partial charge on any atom is 0.128 e. The Bertz CT molecular complexity index is 824. The summed E-state index contributed by atoms with van der Waals surface area (Å²) in [5.74, 6) is -0.155. The van der Waals surface area contributed by atoms with E-state index in [2.05, 4.69) is 68.0 Å². The summed E-state index contributed by atoms with van der Waals surface area (Å²) in [5, 5.41) is 0.